The first-order valence-corrected chi connectivity index (χ1v) is 5.10. The Labute approximate surface area is 91.2 Å². The molecule has 0 aromatic carbocycles. The largest absolute Gasteiger partial charge is 0.255 e. The van der Waals surface area contributed by atoms with Crippen molar-refractivity contribution in [2.24, 2.45) is 0 Å². The summed E-state index contributed by atoms with van der Waals surface area (Å²) < 4.78 is 1.03. The molecule has 0 bridgehead atoms. The quantitative estimate of drug-likeness (QED) is 0.775. The summed E-state index contributed by atoms with van der Waals surface area (Å²) in [7, 11) is 0. The summed E-state index contributed by atoms with van der Waals surface area (Å²) in [6.07, 6.45) is 3.58. The van der Waals surface area contributed by atoms with Crippen LogP contribution in [0, 0.1) is 6.92 Å². The molecule has 0 spiro atoms. The van der Waals surface area contributed by atoms with Gasteiger partial charge in [0.15, 0.2) is 0 Å². The predicted octanol–water partition coefficient (Wildman–Crippen LogP) is 3.21. The van der Waals surface area contributed by atoms with E-state index in [-0.39, 0.29) is 0 Å². The summed E-state index contributed by atoms with van der Waals surface area (Å²) in [6, 6.07) is 7.83. The molecule has 0 aliphatic heterocycles. The van der Waals surface area contributed by atoms with Crippen molar-refractivity contribution in [3.63, 3.8) is 0 Å². The Bertz CT molecular complexity index is 440. The molecule has 0 amide bonds. The highest BCUT2D eigenvalue weighted by Gasteiger charge is 2.01. The molecule has 0 unspecified atom stereocenters. The van der Waals surface area contributed by atoms with Crippen LogP contribution in [-0.2, 0) is 0 Å². The Morgan fingerprint density at radius 2 is 2.00 bits per heavy atom. The minimum absolute atomic E-state index is 0.906. The van der Waals surface area contributed by atoms with Crippen molar-refractivity contribution in [2.45, 2.75) is 6.92 Å². The van der Waals surface area contributed by atoms with E-state index in [1.807, 2.05) is 31.2 Å². The molecular weight excluding hydrogens is 240 g/mol. The molecular formula is C11H9BrN2. The summed E-state index contributed by atoms with van der Waals surface area (Å²) >= 11 is 3.42. The molecule has 0 saturated carbocycles. The van der Waals surface area contributed by atoms with Crippen LogP contribution >= 0.6 is 15.9 Å². The summed E-state index contributed by atoms with van der Waals surface area (Å²) in [5.41, 5.74) is 2.98. The van der Waals surface area contributed by atoms with Crippen LogP contribution < -0.4 is 0 Å². The van der Waals surface area contributed by atoms with Gasteiger partial charge in [0.05, 0.1) is 11.4 Å². The van der Waals surface area contributed by atoms with Crippen LogP contribution in [0.2, 0.25) is 0 Å². The van der Waals surface area contributed by atoms with Gasteiger partial charge in [-0.05, 0) is 46.6 Å². The van der Waals surface area contributed by atoms with Crippen molar-refractivity contribution >= 4 is 15.9 Å². The maximum Gasteiger partial charge on any atom is 0.0889 e. The topological polar surface area (TPSA) is 25.8 Å². The third kappa shape index (κ3) is 1.82. The van der Waals surface area contributed by atoms with Gasteiger partial charge < -0.3 is 0 Å². The lowest BCUT2D eigenvalue weighted by Gasteiger charge is -2.01. The summed E-state index contributed by atoms with van der Waals surface area (Å²) in [5.74, 6) is 0. The molecule has 0 aliphatic carbocycles. The molecule has 70 valence electrons. The van der Waals surface area contributed by atoms with Crippen LogP contribution in [0.25, 0.3) is 11.4 Å². The number of nitrogens with zero attached hydrogens (tertiary/aromatic N) is 2. The number of aromatic nitrogens is 2. The average Bonchev–Trinajstić information content (AvgIpc) is 2.23. The van der Waals surface area contributed by atoms with Gasteiger partial charge in [-0.25, -0.2) is 0 Å². The van der Waals surface area contributed by atoms with Crippen molar-refractivity contribution in [1.29, 1.82) is 0 Å². The zero-order valence-electron chi connectivity index (χ0n) is 7.74. The van der Waals surface area contributed by atoms with E-state index in [9.17, 15) is 0 Å². The number of hydrogen-bond donors (Lipinski definition) is 0. The van der Waals surface area contributed by atoms with Gasteiger partial charge in [-0.15, -0.1) is 0 Å². The Hall–Kier alpha value is -1.22. The fraction of sp³-hybridized carbons (Fsp3) is 0.0909. The average molecular weight is 249 g/mol. The van der Waals surface area contributed by atoms with Crippen LogP contribution in [-0.4, -0.2) is 9.97 Å². The molecule has 0 atom stereocenters. The van der Waals surface area contributed by atoms with Crippen LogP contribution in [0.4, 0.5) is 0 Å². The van der Waals surface area contributed by atoms with Gasteiger partial charge in [0.2, 0.25) is 0 Å². The van der Waals surface area contributed by atoms with Crippen molar-refractivity contribution < 1.29 is 0 Å². The Balaban J connectivity index is 2.48. The highest BCUT2D eigenvalue weighted by molar-refractivity contribution is 9.10. The highest BCUT2D eigenvalue weighted by atomic mass is 79.9. The maximum absolute atomic E-state index is 4.30. The molecule has 3 heteroatoms. The third-order valence-corrected chi connectivity index (χ3v) is 2.80. The lowest BCUT2D eigenvalue weighted by atomic mass is 10.2. The van der Waals surface area contributed by atoms with Crippen molar-refractivity contribution in [2.75, 3.05) is 0 Å². The number of halogens is 1. The lowest BCUT2D eigenvalue weighted by Crippen LogP contribution is -1.88. The third-order valence-electron chi connectivity index (χ3n) is 1.97. The van der Waals surface area contributed by atoms with Crippen LogP contribution in [0.1, 0.15) is 5.56 Å². The Kier molecular flexibility index (Phi) is 2.59. The second-order valence-corrected chi connectivity index (χ2v) is 3.89. The minimum atomic E-state index is 0.906. The van der Waals surface area contributed by atoms with E-state index in [4.69, 9.17) is 0 Å². The number of hydrogen-bond acceptors (Lipinski definition) is 2. The van der Waals surface area contributed by atoms with Crippen LogP contribution in [0.5, 0.6) is 0 Å². The second-order valence-electron chi connectivity index (χ2n) is 3.03. The van der Waals surface area contributed by atoms with E-state index in [1.165, 1.54) is 5.56 Å². The number of pyridine rings is 2. The van der Waals surface area contributed by atoms with Crippen molar-refractivity contribution in [3.8, 4) is 11.4 Å². The molecule has 0 N–H and O–H groups in total. The summed E-state index contributed by atoms with van der Waals surface area (Å²) in [4.78, 5) is 8.54. The molecule has 2 aromatic heterocycles. The van der Waals surface area contributed by atoms with E-state index < -0.39 is 0 Å². The first kappa shape index (κ1) is 9.34. The van der Waals surface area contributed by atoms with Gasteiger partial charge in [-0.1, -0.05) is 6.07 Å². The molecule has 2 heterocycles. The minimum Gasteiger partial charge on any atom is -0.255 e. The predicted molar refractivity (Wildman–Crippen MR) is 59.9 cm³/mol. The Morgan fingerprint density at radius 3 is 2.64 bits per heavy atom. The van der Waals surface area contributed by atoms with Gasteiger partial charge in [0.25, 0.3) is 0 Å². The molecule has 0 saturated heterocycles. The standard InChI is InChI=1S/C11H9BrN2/c1-8-6-11(14-7-9(8)12)10-4-2-3-5-13-10/h2-7H,1H3. The van der Waals surface area contributed by atoms with E-state index in [1.54, 1.807) is 12.4 Å². The van der Waals surface area contributed by atoms with Crippen molar-refractivity contribution in [3.05, 3.63) is 46.7 Å². The molecule has 2 nitrogen and oxygen atoms in total. The number of aryl methyl sites for hydroxylation is 1. The SMILES string of the molecule is Cc1cc(-c2ccccn2)ncc1Br. The Morgan fingerprint density at radius 1 is 1.14 bits per heavy atom. The second kappa shape index (κ2) is 3.88. The first-order chi connectivity index (χ1) is 6.77. The maximum atomic E-state index is 4.30. The van der Waals surface area contributed by atoms with Crippen LogP contribution in [0.15, 0.2) is 41.1 Å². The fourth-order valence-corrected chi connectivity index (χ4v) is 1.41. The zero-order chi connectivity index (χ0) is 9.97. The van der Waals surface area contributed by atoms with E-state index >= 15 is 0 Å². The molecule has 2 rings (SSSR count). The smallest absolute Gasteiger partial charge is 0.0889 e. The van der Waals surface area contributed by atoms with E-state index in [2.05, 4.69) is 25.9 Å². The van der Waals surface area contributed by atoms with Gasteiger partial charge in [-0.2, -0.15) is 0 Å². The van der Waals surface area contributed by atoms with Crippen molar-refractivity contribution in [1.82, 2.24) is 9.97 Å². The van der Waals surface area contributed by atoms with E-state index in [0.29, 0.717) is 0 Å². The monoisotopic (exact) mass is 248 g/mol. The fourth-order valence-electron chi connectivity index (χ4n) is 1.19. The van der Waals surface area contributed by atoms with Crippen LogP contribution in [0.3, 0.4) is 0 Å². The number of rotatable bonds is 1. The zero-order valence-corrected chi connectivity index (χ0v) is 9.32. The molecule has 0 radical (unpaired) electrons. The van der Waals surface area contributed by atoms with Gasteiger partial charge in [-0.3, -0.25) is 9.97 Å². The van der Waals surface area contributed by atoms with Gasteiger partial charge in [0.1, 0.15) is 0 Å². The first-order valence-electron chi connectivity index (χ1n) is 4.31. The lowest BCUT2D eigenvalue weighted by molar-refractivity contribution is 1.21. The van der Waals surface area contributed by atoms with E-state index in [0.717, 1.165) is 15.9 Å². The summed E-state index contributed by atoms with van der Waals surface area (Å²) in [5, 5.41) is 0. The van der Waals surface area contributed by atoms with Gasteiger partial charge in [0, 0.05) is 16.9 Å². The molecule has 2 aromatic rings. The highest BCUT2D eigenvalue weighted by Crippen LogP contribution is 2.20. The molecule has 14 heavy (non-hydrogen) atoms. The normalized spacial score (nSPS) is 10.1. The molecule has 0 aliphatic rings. The van der Waals surface area contributed by atoms with Gasteiger partial charge >= 0.3 is 0 Å². The molecule has 0 fully saturated rings. The summed E-state index contributed by atoms with van der Waals surface area (Å²) in [6.45, 7) is 2.04.